The van der Waals surface area contributed by atoms with E-state index in [1.54, 1.807) is 12.1 Å². The van der Waals surface area contributed by atoms with E-state index in [4.69, 9.17) is 5.84 Å². The van der Waals surface area contributed by atoms with Crippen molar-refractivity contribution in [3.63, 3.8) is 0 Å². The molecule has 0 aliphatic rings. The Morgan fingerprint density at radius 3 is 2.75 bits per heavy atom. The number of benzene rings is 1. The van der Waals surface area contributed by atoms with Gasteiger partial charge in [-0.3, -0.25) is 10.2 Å². The van der Waals surface area contributed by atoms with Crippen LogP contribution in [0.25, 0.3) is 0 Å². The van der Waals surface area contributed by atoms with Crippen LogP contribution in [0.15, 0.2) is 22.7 Å². The molecule has 5 heteroatoms. The highest BCUT2D eigenvalue weighted by atomic mass is 127. The molecule has 0 aliphatic carbocycles. The van der Waals surface area contributed by atoms with Crippen molar-refractivity contribution in [2.45, 2.75) is 0 Å². The van der Waals surface area contributed by atoms with Crippen molar-refractivity contribution in [2.75, 3.05) is 0 Å². The van der Waals surface area contributed by atoms with Crippen LogP contribution in [-0.2, 0) is 0 Å². The lowest BCUT2D eigenvalue weighted by Gasteiger charge is -2.00. The molecule has 1 aromatic rings. The molecule has 1 aromatic carbocycles. The van der Waals surface area contributed by atoms with E-state index >= 15 is 0 Å². The molecule has 0 unspecified atom stereocenters. The molecule has 0 fully saturated rings. The first-order chi connectivity index (χ1) is 5.65. The van der Waals surface area contributed by atoms with Crippen molar-refractivity contribution in [1.82, 2.24) is 5.43 Å². The minimum Gasteiger partial charge on any atom is -0.290 e. The fraction of sp³-hybridized carbons (Fsp3) is 0. The molecule has 64 valence electrons. The number of carbonyl (C=O) groups excluding carboxylic acids is 1. The van der Waals surface area contributed by atoms with E-state index in [0.29, 0.717) is 5.56 Å². The van der Waals surface area contributed by atoms with Crippen LogP contribution in [0, 0.1) is 3.57 Å². The number of nitrogen functional groups attached to an aromatic ring is 1. The van der Waals surface area contributed by atoms with Gasteiger partial charge in [0.2, 0.25) is 0 Å². The topological polar surface area (TPSA) is 55.1 Å². The van der Waals surface area contributed by atoms with Gasteiger partial charge >= 0.3 is 0 Å². The normalized spacial score (nSPS) is 9.58. The minimum absolute atomic E-state index is 0.285. The summed E-state index contributed by atoms with van der Waals surface area (Å²) in [6.45, 7) is 0. The number of halogens is 2. The van der Waals surface area contributed by atoms with Crippen LogP contribution in [-0.4, -0.2) is 5.91 Å². The van der Waals surface area contributed by atoms with Crippen LogP contribution in [0.2, 0.25) is 0 Å². The van der Waals surface area contributed by atoms with Gasteiger partial charge in [0.05, 0.1) is 0 Å². The Hall–Kier alpha value is -0.140. The molecule has 0 saturated carbocycles. The van der Waals surface area contributed by atoms with Crippen LogP contribution in [0.1, 0.15) is 10.4 Å². The summed E-state index contributed by atoms with van der Waals surface area (Å²) in [4.78, 5) is 11.0. The Morgan fingerprint density at radius 2 is 2.25 bits per heavy atom. The summed E-state index contributed by atoms with van der Waals surface area (Å²) in [7, 11) is 0. The fourth-order valence-corrected chi connectivity index (χ4v) is 1.43. The third-order valence-electron chi connectivity index (χ3n) is 1.31. The van der Waals surface area contributed by atoms with Crippen molar-refractivity contribution in [3.05, 3.63) is 31.8 Å². The number of hydrogen-bond acceptors (Lipinski definition) is 2. The average Bonchev–Trinajstić information content (AvgIpc) is 2.08. The van der Waals surface area contributed by atoms with Gasteiger partial charge in [-0.2, -0.15) is 0 Å². The zero-order chi connectivity index (χ0) is 9.14. The second-order valence-corrected chi connectivity index (χ2v) is 4.12. The van der Waals surface area contributed by atoms with Crippen LogP contribution in [0.3, 0.4) is 0 Å². The SMILES string of the molecule is NNC(=O)c1ccc(I)c(Br)c1. The smallest absolute Gasteiger partial charge is 0.265 e. The van der Waals surface area contributed by atoms with Gasteiger partial charge in [0.15, 0.2) is 0 Å². The Bertz CT molecular complexity index is 316. The first kappa shape index (κ1) is 9.94. The van der Waals surface area contributed by atoms with Crippen molar-refractivity contribution < 1.29 is 4.79 Å². The van der Waals surface area contributed by atoms with Crippen molar-refractivity contribution >= 4 is 44.4 Å². The minimum atomic E-state index is -0.285. The molecule has 0 saturated heterocycles. The van der Waals surface area contributed by atoms with E-state index in [0.717, 1.165) is 8.04 Å². The molecule has 0 heterocycles. The summed E-state index contributed by atoms with van der Waals surface area (Å²) in [6.07, 6.45) is 0. The third kappa shape index (κ3) is 2.18. The van der Waals surface area contributed by atoms with Gasteiger partial charge in [-0.1, -0.05) is 0 Å². The maximum atomic E-state index is 11.0. The third-order valence-corrected chi connectivity index (χ3v) is 3.65. The van der Waals surface area contributed by atoms with Crippen LogP contribution in [0.4, 0.5) is 0 Å². The quantitative estimate of drug-likeness (QED) is 0.353. The predicted octanol–water partition coefficient (Wildman–Crippen LogP) is 1.66. The molecule has 0 radical (unpaired) electrons. The highest BCUT2D eigenvalue weighted by Gasteiger charge is 2.04. The highest BCUT2D eigenvalue weighted by molar-refractivity contribution is 14.1. The van der Waals surface area contributed by atoms with Gasteiger partial charge in [-0.05, 0) is 56.7 Å². The lowest BCUT2D eigenvalue weighted by atomic mass is 10.2. The maximum absolute atomic E-state index is 11.0. The predicted molar refractivity (Wildman–Crippen MR) is 58.5 cm³/mol. The second kappa shape index (κ2) is 4.20. The number of nitrogens with two attached hydrogens (primary N) is 1. The van der Waals surface area contributed by atoms with Crippen LogP contribution in [0.5, 0.6) is 0 Å². The highest BCUT2D eigenvalue weighted by Crippen LogP contribution is 2.19. The van der Waals surface area contributed by atoms with E-state index in [1.165, 1.54) is 0 Å². The Balaban J connectivity index is 3.05. The molecule has 3 N–H and O–H groups in total. The fourth-order valence-electron chi connectivity index (χ4n) is 0.721. The first-order valence-corrected chi connectivity index (χ1v) is 4.98. The zero-order valence-corrected chi connectivity index (χ0v) is 9.72. The molecule has 0 bridgehead atoms. The average molecular weight is 341 g/mol. The Morgan fingerprint density at radius 1 is 1.58 bits per heavy atom. The summed E-state index contributed by atoms with van der Waals surface area (Å²) >= 11 is 5.48. The summed E-state index contributed by atoms with van der Waals surface area (Å²) in [5.41, 5.74) is 2.61. The number of hydrogen-bond donors (Lipinski definition) is 2. The van der Waals surface area contributed by atoms with Gasteiger partial charge < -0.3 is 0 Å². The van der Waals surface area contributed by atoms with Crippen molar-refractivity contribution in [3.8, 4) is 0 Å². The molecular formula is C7H6BrIN2O. The van der Waals surface area contributed by atoms with Crippen molar-refractivity contribution in [2.24, 2.45) is 5.84 Å². The Kier molecular flexibility index (Phi) is 3.48. The number of carbonyl (C=O) groups is 1. The second-order valence-electron chi connectivity index (χ2n) is 2.10. The first-order valence-electron chi connectivity index (χ1n) is 3.11. The molecule has 0 spiro atoms. The molecule has 3 nitrogen and oxygen atoms in total. The number of amides is 1. The maximum Gasteiger partial charge on any atom is 0.265 e. The molecule has 0 atom stereocenters. The number of hydrazine groups is 1. The standard InChI is InChI=1S/C7H6BrIN2O/c8-5-3-4(7(12)11-10)1-2-6(5)9/h1-3H,10H2,(H,11,12). The lowest BCUT2D eigenvalue weighted by Crippen LogP contribution is -2.29. The van der Waals surface area contributed by atoms with Gasteiger partial charge in [0.25, 0.3) is 5.91 Å². The summed E-state index contributed by atoms with van der Waals surface area (Å²) < 4.78 is 1.95. The summed E-state index contributed by atoms with van der Waals surface area (Å²) in [5, 5.41) is 0. The van der Waals surface area contributed by atoms with Crippen molar-refractivity contribution in [1.29, 1.82) is 0 Å². The molecule has 0 aliphatic heterocycles. The molecular weight excluding hydrogens is 335 g/mol. The molecule has 1 amide bonds. The number of rotatable bonds is 1. The lowest BCUT2D eigenvalue weighted by molar-refractivity contribution is 0.0953. The van der Waals surface area contributed by atoms with Gasteiger partial charge in [0, 0.05) is 13.6 Å². The van der Waals surface area contributed by atoms with E-state index in [-0.39, 0.29) is 5.91 Å². The van der Waals surface area contributed by atoms with Crippen LogP contribution < -0.4 is 11.3 Å². The summed E-state index contributed by atoms with van der Waals surface area (Å²) in [5.74, 6) is 4.69. The van der Waals surface area contributed by atoms with Gasteiger partial charge in [-0.15, -0.1) is 0 Å². The van der Waals surface area contributed by atoms with Gasteiger partial charge in [0.1, 0.15) is 0 Å². The monoisotopic (exact) mass is 340 g/mol. The van der Waals surface area contributed by atoms with E-state index in [2.05, 4.69) is 43.9 Å². The number of nitrogens with one attached hydrogen (secondary N) is 1. The van der Waals surface area contributed by atoms with E-state index in [1.807, 2.05) is 6.07 Å². The summed E-state index contributed by atoms with van der Waals surface area (Å²) in [6, 6.07) is 5.29. The largest absolute Gasteiger partial charge is 0.290 e. The Labute approximate surface area is 91.9 Å². The molecule has 1 rings (SSSR count). The van der Waals surface area contributed by atoms with Gasteiger partial charge in [-0.25, -0.2) is 5.84 Å². The molecule has 0 aromatic heterocycles. The van der Waals surface area contributed by atoms with E-state index < -0.39 is 0 Å². The van der Waals surface area contributed by atoms with Crippen LogP contribution >= 0.6 is 38.5 Å². The zero-order valence-electron chi connectivity index (χ0n) is 5.97. The van der Waals surface area contributed by atoms with E-state index in [9.17, 15) is 4.79 Å². The molecule has 12 heavy (non-hydrogen) atoms.